The smallest absolute Gasteiger partial charge is 0.318 e. The summed E-state index contributed by atoms with van der Waals surface area (Å²) in [5, 5.41) is 11.2. The number of rotatable bonds is 7. The van der Waals surface area contributed by atoms with Crippen LogP contribution in [0.4, 0.5) is 4.79 Å². The van der Waals surface area contributed by atoms with Crippen molar-refractivity contribution in [3.05, 3.63) is 0 Å². The fraction of sp³-hybridized carbons (Fsp3) is 0.769. The first kappa shape index (κ1) is 16.3. The lowest BCUT2D eigenvalue weighted by Crippen LogP contribution is -2.53. The number of likely N-dealkylation sites (tertiary alicyclic amines) is 1. The Balaban J connectivity index is 2.23. The molecule has 0 aromatic carbocycles. The molecule has 1 heterocycles. The molecular weight excluding hydrogens is 262 g/mol. The summed E-state index contributed by atoms with van der Waals surface area (Å²) in [6.45, 7) is 1.04. The fourth-order valence-corrected chi connectivity index (χ4v) is 2.35. The molecule has 7 nitrogen and oxygen atoms in total. The zero-order chi connectivity index (χ0) is 15.0. The molecule has 0 aromatic rings. The lowest BCUT2D eigenvalue weighted by Gasteiger charge is -2.33. The van der Waals surface area contributed by atoms with Gasteiger partial charge in [0.1, 0.15) is 6.04 Å². The molecule has 1 unspecified atom stereocenters. The number of nitrogens with zero attached hydrogens (tertiary/aromatic N) is 1. The van der Waals surface area contributed by atoms with E-state index in [4.69, 9.17) is 10.8 Å². The Hall–Kier alpha value is -1.79. The van der Waals surface area contributed by atoms with Crippen LogP contribution < -0.4 is 11.1 Å². The number of nitrogens with two attached hydrogens (primary N) is 1. The maximum absolute atomic E-state index is 12.0. The Morgan fingerprint density at radius 3 is 2.60 bits per heavy atom. The molecule has 1 aliphatic rings. The third-order valence-corrected chi connectivity index (χ3v) is 3.44. The number of aliphatic carboxylic acids is 1. The van der Waals surface area contributed by atoms with Crippen molar-refractivity contribution in [2.24, 2.45) is 5.73 Å². The molecule has 4 N–H and O–H groups in total. The molecule has 0 aromatic heterocycles. The summed E-state index contributed by atoms with van der Waals surface area (Å²) in [7, 11) is 0. The van der Waals surface area contributed by atoms with Gasteiger partial charge < -0.3 is 21.1 Å². The third-order valence-electron chi connectivity index (χ3n) is 3.44. The zero-order valence-corrected chi connectivity index (χ0v) is 11.6. The highest BCUT2D eigenvalue weighted by Crippen LogP contribution is 2.16. The monoisotopic (exact) mass is 285 g/mol. The van der Waals surface area contributed by atoms with Gasteiger partial charge in [0, 0.05) is 19.5 Å². The highest BCUT2D eigenvalue weighted by molar-refractivity contribution is 5.86. The summed E-state index contributed by atoms with van der Waals surface area (Å²) in [5.41, 5.74) is 5.30. The Kier molecular flexibility index (Phi) is 6.83. The molecule has 1 fully saturated rings. The molecule has 3 amide bonds. The van der Waals surface area contributed by atoms with Gasteiger partial charge in [-0.15, -0.1) is 0 Å². The molecule has 1 atom stereocenters. The van der Waals surface area contributed by atoms with E-state index < -0.39 is 17.9 Å². The third kappa shape index (κ3) is 5.46. The van der Waals surface area contributed by atoms with E-state index in [0.717, 1.165) is 25.7 Å². The van der Waals surface area contributed by atoms with Crippen molar-refractivity contribution in [1.82, 2.24) is 10.2 Å². The fourth-order valence-electron chi connectivity index (χ4n) is 2.35. The molecule has 1 saturated heterocycles. The van der Waals surface area contributed by atoms with Gasteiger partial charge in [0.25, 0.3) is 0 Å². The van der Waals surface area contributed by atoms with E-state index >= 15 is 0 Å². The lowest BCUT2D eigenvalue weighted by atomic mass is 10.0. The van der Waals surface area contributed by atoms with Crippen LogP contribution in [0.1, 0.15) is 44.9 Å². The number of primary amides is 1. The summed E-state index contributed by atoms with van der Waals surface area (Å²) in [6.07, 6.45) is 4.67. The molecule has 0 spiro atoms. The topological polar surface area (TPSA) is 113 Å². The minimum Gasteiger partial charge on any atom is -0.481 e. The first-order valence-corrected chi connectivity index (χ1v) is 7.08. The van der Waals surface area contributed by atoms with Crippen LogP contribution in [0.3, 0.4) is 0 Å². The lowest BCUT2D eigenvalue weighted by molar-refractivity contribution is -0.137. The van der Waals surface area contributed by atoms with Crippen LogP contribution in [0.2, 0.25) is 0 Å². The molecule has 1 rings (SSSR count). The van der Waals surface area contributed by atoms with Gasteiger partial charge in [-0.25, -0.2) is 4.79 Å². The Morgan fingerprint density at radius 2 is 1.95 bits per heavy atom. The molecule has 7 heteroatoms. The van der Waals surface area contributed by atoms with Gasteiger partial charge in [-0.1, -0.05) is 6.42 Å². The predicted octanol–water partition coefficient (Wildman–Crippen LogP) is 0.681. The highest BCUT2D eigenvalue weighted by atomic mass is 16.4. The van der Waals surface area contributed by atoms with Crippen LogP contribution in [0.15, 0.2) is 0 Å². The van der Waals surface area contributed by atoms with E-state index in [1.807, 2.05) is 0 Å². The maximum Gasteiger partial charge on any atom is 0.318 e. The number of carbonyl (C=O) groups is 3. The summed E-state index contributed by atoms with van der Waals surface area (Å²) in [4.78, 5) is 35.1. The molecule has 114 valence electrons. The quantitative estimate of drug-likeness (QED) is 0.597. The SMILES string of the molecule is NC(=O)C1CCCCN1C(=O)NCCCCCC(=O)O. The van der Waals surface area contributed by atoms with E-state index in [9.17, 15) is 14.4 Å². The van der Waals surface area contributed by atoms with Crippen molar-refractivity contribution < 1.29 is 19.5 Å². The maximum atomic E-state index is 12.0. The van der Waals surface area contributed by atoms with Crippen molar-refractivity contribution >= 4 is 17.9 Å². The van der Waals surface area contributed by atoms with E-state index in [2.05, 4.69) is 5.32 Å². The van der Waals surface area contributed by atoms with E-state index in [1.54, 1.807) is 0 Å². The standard InChI is InChI=1S/C13H23N3O4/c14-12(19)10-6-3-5-9-16(10)13(20)15-8-4-1-2-7-11(17)18/h10H,1-9H2,(H2,14,19)(H,15,20)(H,17,18). The van der Waals surface area contributed by atoms with Crippen molar-refractivity contribution in [1.29, 1.82) is 0 Å². The predicted molar refractivity (Wildman–Crippen MR) is 73.0 cm³/mol. The molecule has 20 heavy (non-hydrogen) atoms. The molecule has 0 radical (unpaired) electrons. The van der Waals surface area contributed by atoms with Crippen LogP contribution in [0, 0.1) is 0 Å². The van der Waals surface area contributed by atoms with Gasteiger partial charge in [-0.05, 0) is 32.1 Å². The van der Waals surface area contributed by atoms with Gasteiger partial charge in [0.15, 0.2) is 0 Å². The molecular formula is C13H23N3O4. The van der Waals surface area contributed by atoms with Crippen molar-refractivity contribution in [2.45, 2.75) is 51.0 Å². The van der Waals surface area contributed by atoms with Crippen LogP contribution in [0.25, 0.3) is 0 Å². The number of nitrogens with one attached hydrogen (secondary N) is 1. The van der Waals surface area contributed by atoms with Gasteiger partial charge in [0.05, 0.1) is 0 Å². The molecule has 0 saturated carbocycles. The normalized spacial score (nSPS) is 18.6. The van der Waals surface area contributed by atoms with E-state index in [0.29, 0.717) is 25.9 Å². The summed E-state index contributed by atoms with van der Waals surface area (Å²) >= 11 is 0. The second-order valence-electron chi connectivity index (χ2n) is 5.04. The van der Waals surface area contributed by atoms with Crippen molar-refractivity contribution in [3.63, 3.8) is 0 Å². The Labute approximate surface area is 118 Å². The minimum atomic E-state index is -0.799. The van der Waals surface area contributed by atoms with Crippen LogP contribution in [-0.4, -0.2) is 47.0 Å². The van der Waals surface area contributed by atoms with Crippen LogP contribution in [-0.2, 0) is 9.59 Å². The number of unbranched alkanes of at least 4 members (excludes halogenated alkanes) is 2. The molecule has 0 bridgehead atoms. The van der Waals surface area contributed by atoms with E-state index in [1.165, 1.54) is 4.90 Å². The Morgan fingerprint density at radius 1 is 1.20 bits per heavy atom. The van der Waals surface area contributed by atoms with Crippen LogP contribution in [0.5, 0.6) is 0 Å². The van der Waals surface area contributed by atoms with Gasteiger partial charge >= 0.3 is 12.0 Å². The second-order valence-corrected chi connectivity index (χ2v) is 5.04. The largest absolute Gasteiger partial charge is 0.481 e. The number of amides is 3. The summed E-state index contributed by atoms with van der Waals surface area (Å²) in [5.74, 6) is -1.26. The van der Waals surface area contributed by atoms with Crippen LogP contribution >= 0.6 is 0 Å². The summed E-state index contributed by atoms with van der Waals surface area (Å²) in [6, 6.07) is -0.762. The molecule has 1 aliphatic heterocycles. The highest BCUT2D eigenvalue weighted by Gasteiger charge is 2.30. The zero-order valence-electron chi connectivity index (χ0n) is 11.6. The number of carbonyl (C=O) groups excluding carboxylic acids is 2. The first-order valence-electron chi connectivity index (χ1n) is 7.08. The van der Waals surface area contributed by atoms with Crippen molar-refractivity contribution in [2.75, 3.05) is 13.1 Å². The number of carboxylic acids is 1. The van der Waals surface area contributed by atoms with Gasteiger partial charge in [-0.3, -0.25) is 9.59 Å². The molecule has 0 aliphatic carbocycles. The van der Waals surface area contributed by atoms with Gasteiger partial charge in [-0.2, -0.15) is 0 Å². The average molecular weight is 285 g/mol. The van der Waals surface area contributed by atoms with E-state index in [-0.39, 0.29) is 12.5 Å². The number of hydrogen-bond acceptors (Lipinski definition) is 3. The number of hydrogen-bond donors (Lipinski definition) is 3. The number of urea groups is 1. The minimum absolute atomic E-state index is 0.157. The average Bonchev–Trinajstić information content (AvgIpc) is 2.42. The van der Waals surface area contributed by atoms with Crippen molar-refractivity contribution in [3.8, 4) is 0 Å². The first-order chi connectivity index (χ1) is 9.52. The number of piperidine rings is 1. The number of carboxylic acid groups (broad SMARTS) is 1. The summed E-state index contributed by atoms with van der Waals surface area (Å²) < 4.78 is 0. The second kappa shape index (κ2) is 8.39. The van der Waals surface area contributed by atoms with Gasteiger partial charge in [0.2, 0.25) is 5.91 Å². The Bertz CT molecular complexity index is 360.